The highest BCUT2D eigenvalue weighted by Crippen LogP contribution is 2.32. The predicted molar refractivity (Wildman–Crippen MR) is 92.8 cm³/mol. The lowest BCUT2D eigenvalue weighted by molar-refractivity contribution is 0.00138. The molecule has 0 radical (unpaired) electrons. The predicted octanol–water partition coefficient (Wildman–Crippen LogP) is 3.57. The zero-order chi connectivity index (χ0) is 17.4. The van der Waals surface area contributed by atoms with Gasteiger partial charge in [-0.1, -0.05) is 22.8 Å². The molecule has 4 rings (SSSR count). The van der Waals surface area contributed by atoms with Gasteiger partial charge in [0, 0.05) is 41.8 Å². The molecule has 0 saturated carbocycles. The number of aromatic nitrogens is 1. The van der Waals surface area contributed by atoms with Gasteiger partial charge in [0.05, 0.1) is 23.9 Å². The largest absolute Gasteiger partial charge is 0.411 e. The zero-order valence-corrected chi connectivity index (χ0v) is 14.0. The van der Waals surface area contributed by atoms with Gasteiger partial charge >= 0.3 is 0 Å². The first kappa shape index (κ1) is 16.2. The summed E-state index contributed by atoms with van der Waals surface area (Å²) in [5.41, 5.74) is 4.04. The van der Waals surface area contributed by atoms with E-state index in [1.165, 1.54) is 12.1 Å². The molecule has 0 atom stereocenters. The second-order valence-electron chi connectivity index (χ2n) is 6.15. The van der Waals surface area contributed by atoms with Crippen LogP contribution in [0.5, 0.6) is 0 Å². The fourth-order valence-corrected chi connectivity index (χ4v) is 3.27. The molecular weight excluding hydrogens is 345 g/mol. The number of ether oxygens (including phenoxy) is 1. The van der Waals surface area contributed by atoms with Crippen LogP contribution in [0.2, 0.25) is 5.02 Å². The van der Waals surface area contributed by atoms with E-state index in [9.17, 15) is 9.60 Å². The molecule has 3 heterocycles. The minimum absolute atomic E-state index is 0.0466. The van der Waals surface area contributed by atoms with E-state index in [-0.39, 0.29) is 5.02 Å². The lowest BCUT2D eigenvalue weighted by atomic mass is 9.93. The van der Waals surface area contributed by atoms with Crippen LogP contribution in [0.1, 0.15) is 16.7 Å². The van der Waals surface area contributed by atoms with Gasteiger partial charge in [0.1, 0.15) is 5.82 Å². The number of benzene rings is 1. The maximum Gasteiger partial charge on any atom is 0.155 e. The number of pyridine rings is 1. The van der Waals surface area contributed by atoms with E-state index >= 15 is 0 Å². The number of hydrogen-bond acceptors (Lipinski definition) is 5. The fraction of sp³-hybridized carbons (Fsp3) is 0.278. The van der Waals surface area contributed by atoms with Gasteiger partial charge < -0.3 is 9.94 Å². The van der Waals surface area contributed by atoms with Crippen LogP contribution in [0, 0.1) is 11.7 Å². The summed E-state index contributed by atoms with van der Waals surface area (Å²) >= 11 is 5.84. The molecule has 2 aromatic rings. The van der Waals surface area contributed by atoms with Crippen LogP contribution in [0.3, 0.4) is 0 Å². The molecule has 0 unspecified atom stereocenters. The number of fused-ring (bicyclic) bond motifs is 1. The number of rotatable bonds is 4. The summed E-state index contributed by atoms with van der Waals surface area (Å²) in [6.07, 6.45) is 2.66. The zero-order valence-electron chi connectivity index (χ0n) is 13.2. The molecule has 25 heavy (non-hydrogen) atoms. The first-order valence-corrected chi connectivity index (χ1v) is 8.32. The highest BCUT2D eigenvalue weighted by Gasteiger charge is 2.30. The van der Waals surface area contributed by atoms with Crippen LogP contribution >= 0.6 is 11.6 Å². The Labute approximate surface area is 148 Å². The van der Waals surface area contributed by atoms with Crippen LogP contribution < -0.4 is 0 Å². The molecule has 0 aliphatic carbocycles. The molecule has 0 spiro atoms. The van der Waals surface area contributed by atoms with Crippen molar-refractivity contribution < 1.29 is 14.3 Å². The molecule has 1 saturated heterocycles. The normalized spacial score (nSPS) is 17.2. The third-order valence-electron chi connectivity index (χ3n) is 4.54. The van der Waals surface area contributed by atoms with Crippen molar-refractivity contribution in [3.8, 4) is 0 Å². The van der Waals surface area contributed by atoms with Gasteiger partial charge in [-0.25, -0.2) is 14.4 Å². The summed E-state index contributed by atoms with van der Waals surface area (Å²) in [6.45, 7) is 1.38. The van der Waals surface area contributed by atoms with Crippen molar-refractivity contribution in [1.29, 1.82) is 0 Å². The molecule has 1 aromatic heterocycles. The van der Waals surface area contributed by atoms with Gasteiger partial charge in [0.15, 0.2) is 5.82 Å². The molecule has 1 fully saturated rings. The molecule has 0 bridgehead atoms. The number of nitrogens with zero attached hydrogens (tertiary/aromatic N) is 3. The van der Waals surface area contributed by atoms with Crippen molar-refractivity contribution in [1.82, 2.24) is 4.98 Å². The number of halogens is 2. The van der Waals surface area contributed by atoms with Crippen molar-refractivity contribution in [2.45, 2.75) is 12.8 Å². The minimum Gasteiger partial charge on any atom is -0.411 e. The summed E-state index contributed by atoms with van der Waals surface area (Å²) in [4.78, 5) is 8.93. The van der Waals surface area contributed by atoms with E-state index in [4.69, 9.17) is 16.3 Å². The number of oxime groups is 1. The third kappa shape index (κ3) is 3.03. The summed E-state index contributed by atoms with van der Waals surface area (Å²) < 4.78 is 18.6. The maximum atomic E-state index is 13.3. The summed E-state index contributed by atoms with van der Waals surface area (Å²) in [6, 6.07) is 6.29. The summed E-state index contributed by atoms with van der Waals surface area (Å²) in [5, 5.41) is 13.0. The topological polar surface area (TPSA) is 67.1 Å². The summed E-state index contributed by atoms with van der Waals surface area (Å²) in [7, 11) is 0. The van der Waals surface area contributed by atoms with Gasteiger partial charge in [-0.2, -0.15) is 0 Å². The number of aliphatic imine (C=N–C) groups is 1. The second-order valence-corrected chi connectivity index (χ2v) is 6.55. The van der Waals surface area contributed by atoms with Crippen molar-refractivity contribution in [3.05, 3.63) is 58.0 Å². The molecule has 5 nitrogen and oxygen atoms in total. The Morgan fingerprint density at radius 1 is 1.36 bits per heavy atom. The van der Waals surface area contributed by atoms with Gasteiger partial charge in [0.25, 0.3) is 0 Å². The average molecular weight is 360 g/mol. The van der Waals surface area contributed by atoms with Crippen LogP contribution in [0.15, 0.2) is 40.6 Å². The first-order valence-electron chi connectivity index (χ1n) is 7.94. The lowest BCUT2D eigenvalue weighted by Crippen LogP contribution is -2.34. The molecule has 2 aliphatic rings. The molecular formula is C18H15ClFN3O2. The quantitative estimate of drug-likeness (QED) is 0.515. The van der Waals surface area contributed by atoms with E-state index in [1.807, 2.05) is 6.07 Å². The van der Waals surface area contributed by atoms with E-state index in [2.05, 4.69) is 15.1 Å². The Balaban J connectivity index is 1.62. The molecule has 1 N–H and O–H groups in total. The minimum atomic E-state index is -0.474. The van der Waals surface area contributed by atoms with E-state index in [0.717, 1.165) is 22.4 Å². The van der Waals surface area contributed by atoms with Crippen molar-refractivity contribution >= 4 is 28.8 Å². The monoisotopic (exact) mass is 359 g/mol. The standard InChI is InChI=1S/C18H15ClFN3O2/c19-14-5-10(1-2-15(14)20)6-17(23-24)12-3-4-21-18-13(12)7-16(22-18)11-8-25-9-11/h1-5,11,24H,6-9H2/b23-17+. The highest BCUT2D eigenvalue weighted by molar-refractivity contribution is 6.30. The Bertz CT molecular complexity index is 894. The van der Waals surface area contributed by atoms with Gasteiger partial charge in [-0.05, 0) is 23.8 Å². The molecule has 2 aliphatic heterocycles. The molecule has 1 aromatic carbocycles. The van der Waals surface area contributed by atoms with E-state index in [0.29, 0.717) is 43.5 Å². The molecule has 7 heteroatoms. The van der Waals surface area contributed by atoms with Crippen LogP contribution in [0.25, 0.3) is 0 Å². The fourth-order valence-electron chi connectivity index (χ4n) is 3.07. The average Bonchev–Trinajstić information content (AvgIpc) is 2.97. The van der Waals surface area contributed by atoms with Gasteiger partial charge in [-0.15, -0.1) is 0 Å². The van der Waals surface area contributed by atoms with Crippen molar-refractivity contribution in [2.75, 3.05) is 13.2 Å². The van der Waals surface area contributed by atoms with Crippen LogP contribution in [0.4, 0.5) is 10.2 Å². The molecule has 0 amide bonds. The van der Waals surface area contributed by atoms with Crippen LogP contribution in [-0.4, -0.2) is 34.8 Å². The SMILES string of the molecule is O/N=C(\Cc1ccc(F)c(Cl)c1)c1ccnc2c1CC(C1COC1)=N2. The molecule has 128 valence electrons. The summed E-state index contributed by atoms with van der Waals surface area (Å²) in [5.74, 6) is 0.531. The van der Waals surface area contributed by atoms with Crippen LogP contribution in [-0.2, 0) is 17.6 Å². The Hall–Kier alpha value is -2.31. The Morgan fingerprint density at radius 2 is 2.20 bits per heavy atom. The lowest BCUT2D eigenvalue weighted by Gasteiger charge is -2.25. The Morgan fingerprint density at radius 3 is 2.88 bits per heavy atom. The highest BCUT2D eigenvalue weighted by atomic mass is 35.5. The smallest absolute Gasteiger partial charge is 0.155 e. The number of hydrogen-bond donors (Lipinski definition) is 1. The van der Waals surface area contributed by atoms with Crippen molar-refractivity contribution in [3.63, 3.8) is 0 Å². The van der Waals surface area contributed by atoms with E-state index in [1.54, 1.807) is 12.3 Å². The maximum absolute atomic E-state index is 13.3. The third-order valence-corrected chi connectivity index (χ3v) is 4.83. The van der Waals surface area contributed by atoms with Gasteiger partial charge in [0.2, 0.25) is 0 Å². The van der Waals surface area contributed by atoms with Gasteiger partial charge in [-0.3, -0.25) is 0 Å². The van der Waals surface area contributed by atoms with Crippen molar-refractivity contribution in [2.24, 2.45) is 16.1 Å². The second kappa shape index (κ2) is 6.54. The van der Waals surface area contributed by atoms with E-state index < -0.39 is 5.82 Å². The Kier molecular flexibility index (Phi) is 4.23. The first-order chi connectivity index (χ1) is 12.2.